The van der Waals surface area contributed by atoms with Crippen molar-refractivity contribution in [3.8, 4) is 0 Å². The molecule has 12 heavy (non-hydrogen) atoms. The first-order chi connectivity index (χ1) is 5.73. The summed E-state index contributed by atoms with van der Waals surface area (Å²) in [5.41, 5.74) is 0.773. The Morgan fingerprint density at radius 1 is 1.33 bits per heavy atom. The Kier molecular flexibility index (Phi) is 2.13. The lowest BCUT2D eigenvalue weighted by Gasteiger charge is -2.24. The van der Waals surface area contributed by atoms with Gasteiger partial charge in [0.15, 0.2) is 0 Å². The van der Waals surface area contributed by atoms with Gasteiger partial charge in [-0.3, -0.25) is 0 Å². The van der Waals surface area contributed by atoms with Gasteiger partial charge in [0.05, 0.1) is 0 Å². The van der Waals surface area contributed by atoms with Crippen molar-refractivity contribution in [1.82, 2.24) is 10.2 Å². The molecular formula is C10H20N2. The Hall–Kier alpha value is -0.0800. The van der Waals surface area contributed by atoms with Crippen molar-refractivity contribution in [2.75, 3.05) is 33.7 Å². The van der Waals surface area contributed by atoms with E-state index < -0.39 is 0 Å². The molecule has 1 N–H and O–H groups in total. The Bertz CT molecular complexity index is 159. The third-order valence-corrected chi connectivity index (χ3v) is 3.54. The Morgan fingerprint density at radius 2 is 2.00 bits per heavy atom. The Balaban J connectivity index is 1.83. The molecule has 1 saturated carbocycles. The van der Waals surface area contributed by atoms with Crippen LogP contribution in [0.25, 0.3) is 0 Å². The molecule has 0 amide bonds. The van der Waals surface area contributed by atoms with E-state index in [1.165, 1.54) is 38.9 Å². The highest BCUT2D eigenvalue weighted by molar-refractivity contribution is 5.04. The predicted octanol–water partition coefficient (Wildman–Crippen LogP) is 0.938. The summed E-state index contributed by atoms with van der Waals surface area (Å²) < 4.78 is 0. The molecule has 1 spiro atoms. The second-order valence-electron chi connectivity index (χ2n) is 4.78. The summed E-state index contributed by atoms with van der Waals surface area (Å²) in [6.07, 6.45) is 4.34. The molecule has 1 saturated heterocycles. The van der Waals surface area contributed by atoms with Crippen LogP contribution >= 0.6 is 0 Å². The maximum atomic E-state index is 3.44. The summed E-state index contributed by atoms with van der Waals surface area (Å²) >= 11 is 0. The fourth-order valence-electron chi connectivity index (χ4n) is 2.67. The highest BCUT2D eigenvalue weighted by Gasteiger charge is 2.53. The zero-order valence-corrected chi connectivity index (χ0v) is 8.27. The van der Waals surface area contributed by atoms with Gasteiger partial charge in [0, 0.05) is 6.54 Å². The lowest BCUT2D eigenvalue weighted by molar-refractivity contribution is 0.286. The van der Waals surface area contributed by atoms with Crippen LogP contribution in [-0.2, 0) is 0 Å². The number of hydrogen-bond donors (Lipinski definition) is 1. The molecule has 2 heteroatoms. The van der Waals surface area contributed by atoms with Gasteiger partial charge in [0.1, 0.15) is 0 Å². The van der Waals surface area contributed by atoms with E-state index in [2.05, 4.69) is 24.3 Å². The van der Waals surface area contributed by atoms with Crippen LogP contribution in [-0.4, -0.2) is 38.6 Å². The van der Waals surface area contributed by atoms with Crippen molar-refractivity contribution >= 4 is 0 Å². The standard InChI is InChI=1S/C10H20N2/c1-12(2)8-9-7-10(9)3-5-11-6-4-10/h9,11H,3-8H2,1-2H3. The molecule has 0 aromatic carbocycles. The fraction of sp³-hybridized carbons (Fsp3) is 1.00. The molecule has 1 aliphatic heterocycles. The van der Waals surface area contributed by atoms with Gasteiger partial charge in [-0.05, 0) is 57.8 Å². The maximum Gasteiger partial charge on any atom is 0.000909 e. The molecule has 0 aromatic heterocycles. The van der Waals surface area contributed by atoms with Gasteiger partial charge in [-0.1, -0.05) is 0 Å². The highest BCUT2D eigenvalue weighted by atomic mass is 15.1. The van der Waals surface area contributed by atoms with Crippen LogP contribution in [0.5, 0.6) is 0 Å². The molecule has 2 fully saturated rings. The minimum absolute atomic E-state index is 0.773. The smallest absolute Gasteiger partial charge is 0.000909 e. The van der Waals surface area contributed by atoms with Crippen molar-refractivity contribution in [1.29, 1.82) is 0 Å². The number of hydrogen-bond acceptors (Lipinski definition) is 2. The van der Waals surface area contributed by atoms with Crippen LogP contribution in [0, 0.1) is 11.3 Å². The average molecular weight is 168 g/mol. The second-order valence-corrected chi connectivity index (χ2v) is 4.78. The molecule has 1 aliphatic carbocycles. The SMILES string of the molecule is CN(C)CC1CC12CCNCC2. The summed E-state index contributed by atoms with van der Waals surface area (Å²) in [4.78, 5) is 2.33. The van der Waals surface area contributed by atoms with E-state index in [-0.39, 0.29) is 0 Å². The van der Waals surface area contributed by atoms with Crippen LogP contribution in [0.15, 0.2) is 0 Å². The summed E-state index contributed by atoms with van der Waals surface area (Å²) in [6, 6.07) is 0. The highest BCUT2D eigenvalue weighted by Crippen LogP contribution is 2.58. The number of nitrogens with zero attached hydrogens (tertiary/aromatic N) is 1. The fourth-order valence-corrected chi connectivity index (χ4v) is 2.67. The van der Waals surface area contributed by atoms with E-state index in [0.29, 0.717) is 0 Å². The van der Waals surface area contributed by atoms with E-state index in [1.807, 2.05) is 0 Å². The van der Waals surface area contributed by atoms with E-state index in [0.717, 1.165) is 11.3 Å². The first kappa shape index (κ1) is 8.52. The zero-order valence-electron chi connectivity index (χ0n) is 8.27. The summed E-state index contributed by atoms with van der Waals surface area (Å²) in [5.74, 6) is 1.01. The molecule has 2 aliphatic rings. The normalized spacial score (nSPS) is 32.8. The minimum atomic E-state index is 0.773. The van der Waals surface area contributed by atoms with Crippen LogP contribution in [0.3, 0.4) is 0 Å². The molecule has 1 unspecified atom stereocenters. The molecule has 2 rings (SSSR count). The van der Waals surface area contributed by atoms with Gasteiger partial charge < -0.3 is 10.2 Å². The largest absolute Gasteiger partial charge is 0.317 e. The molecule has 70 valence electrons. The van der Waals surface area contributed by atoms with Crippen LogP contribution in [0.2, 0.25) is 0 Å². The maximum absolute atomic E-state index is 3.44. The first-order valence-electron chi connectivity index (χ1n) is 5.08. The Labute approximate surface area is 75.3 Å². The molecule has 0 aromatic rings. The second kappa shape index (κ2) is 3.00. The average Bonchev–Trinajstić information content (AvgIpc) is 2.63. The molecule has 0 radical (unpaired) electrons. The number of piperidine rings is 1. The molecule has 0 bridgehead atoms. The predicted molar refractivity (Wildman–Crippen MR) is 51.2 cm³/mol. The number of nitrogens with one attached hydrogen (secondary N) is 1. The summed E-state index contributed by atoms with van der Waals surface area (Å²) in [7, 11) is 4.38. The van der Waals surface area contributed by atoms with Gasteiger partial charge in [-0.2, -0.15) is 0 Å². The van der Waals surface area contributed by atoms with E-state index in [4.69, 9.17) is 0 Å². The quantitative estimate of drug-likeness (QED) is 0.660. The molecule has 1 heterocycles. The topological polar surface area (TPSA) is 15.3 Å². The summed E-state index contributed by atoms with van der Waals surface area (Å²) in [5, 5.41) is 3.44. The zero-order chi connectivity index (χ0) is 8.60. The van der Waals surface area contributed by atoms with E-state index in [9.17, 15) is 0 Å². The third kappa shape index (κ3) is 1.50. The van der Waals surface area contributed by atoms with Gasteiger partial charge in [-0.25, -0.2) is 0 Å². The van der Waals surface area contributed by atoms with Crippen molar-refractivity contribution in [2.45, 2.75) is 19.3 Å². The van der Waals surface area contributed by atoms with Gasteiger partial charge >= 0.3 is 0 Å². The van der Waals surface area contributed by atoms with Crippen molar-refractivity contribution < 1.29 is 0 Å². The lowest BCUT2D eigenvalue weighted by Crippen LogP contribution is -2.31. The third-order valence-electron chi connectivity index (χ3n) is 3.54. The minimum Gasteiger partial charge on any atom is -0.317 e. The van der Waals surface area contributed by atoms with Crippen LogP contribution in [0.4, 0.5) is 0 Å². The van der Waals surface area contributed by atoms with Crippen LogP contribution < -0.4 is 5.32 Å². The molecule has 2 nitrogen and oxygen atoms in total. The molecular weight excluding hydrogens is 148 g/mol. The first-order valence-corrected chi connectivity index (χ1v) is 5.08. The van der Waals surface area contributed by atoms with Gasteiger partial charge in [0.25, 0.3) is 0 Å². The van der Waals surface area contributed by atoms with Gasteiger partial charge in [0.2, 0.25) is 0 Å². The van der Waals surface area contributed by atoms with Crippen molar-refractivity contribution in [3.05, 3.63) is 0 Å². The van der Waals surface area contributed by atoms with Gasteiger partial charge in [-0.15, -0.1) is 0 Å². The van der Waals surface area contributed by atoms with E-state index in [1.54, 1.807) is 0 Å². The monoisotopic (exact) mass is 168 g/mol. The van der Waals surface area contributed by atoms with Crippen LogP contribution in [0.1, 0.15) is 19.3 Å². The van der Waals surface area contributed by atoms with Crippen molar-refractivity contribution in [3.63, 3.8) is 0 Å². The van der Waals surface area contributed by atoms with E-state index >= 15 is 0 Å². The summed E-state index contributed by atoms with van der Waals surface area (Å²) in [6.45, 7) is 3.81. The molecule has 1 atom stereocenters. The van der Waals surface area contributed by atoms with Crippen molar-refractivity contribution in [2.24, 2.45) is 11.3 Å². The number of rotatable bonds is 2. The Morgan fingerprint density at radius 3 is 2.58 bits per heavy atom. The lowest BCUT2D eigenvalue weighted by atomic mass is 9.92.